The van der Waals surface area contributed by atoms with Crippen molar-refractivity contribution in [3.05, 3.63) is 34.3 Å². The zero-order chi connectivity index (χ0) is 9.68. The van der Waals surface area contributed by atoms with Crippen LogP contribution in [0.15, 0.2) is 18.2 Å². The van der Waals surface area contributed by atoms with Crippen LogP contribution in [-0.2, 0) is 0 Å². The van der Waals surface area contributed by atoms with Gasteiger partial charge in [-0.2, -0.15) is 0 Å². The molecule has 0 aliphatic carbocycles. The van der Waals surface area contributed by atoms with Gasteiger partial charge in [0, 0.05) is 10.6 Å². The molecule has 1 rings (SSSR count). The minimum atomic E-state index is 0.700. The van der Waals surface area contributed by atoms with E-state index in [9.17, 15) is 0 Å². The van der Waals surface area contributed by atoms with E-state index >= 15 is 0 Å². The Morgan fingerprint density at radius 1 is 1.46 bits per heavy atom. The summed E-state index contributed by atoms with van der Waals surface area (Å²) in [6.45, 7) is 2.68. The number of halogens is 1. The van der Waals surface area contributed by atoms with Crippen LogP contribution < -0.4 is 5.32 Å². The van der Waals surface area contributed by atoms with Crippen LogP contribution in [0, 0.1) is 18.8 Å². The number of hydrogen-bond donors (Lipinski definition) is 1. The van der Waals surface area contributed by atoms with Crippen molar-refractivity contribution in [2.24, 2.45) is 0 Å². The smallest absolute Gasteiger partial charge is 0.0577 e. The average Bonchev–Trinajstić information content (AvgIpc) is 2.12. The van der Waals surface area contributed by atoms with Crippen LogP contribution in [0.25, 0.3) is 0 Å². The van der Waals surface area contributed by atoms with E-state index in [1.807, 2.05) is 32.2 Å². The number of hydrogen-bond acceptors (Lipinski definition) is 1. The molecule has 1 nitrogen and oxygen atoms in total. The highest BCUT2D eigenvalue weighted by Gasteiger charge is 1.93. The lowest BCUT2D eigenvalue weighted by Gasteiger charge is -1.96. The van der Waals surface area contributed by atoms with Crippen LogP contribution >= 0.6 is 11.6 Å². The van der Waals surface area contributed by atoms with Crippen LogP contribution in [0.1, 0.15) is 11.1 Å². The highest BCUT2D eigenvalue weighted by molar-refractivity contribution is 6.31. The molecule has 2 heteroatoms. The highest BCUT2D eigenvalue weighted by atomic mass is 35.5. The summed E-state index contributed by atoms with van der Waals surface area (Å²) in [6, 6.07) is 5.84. The summed E-state index contributed by atoms with van der Waals surface area (Å²) in [5.74, 6) is 5.99. The van der Waals surface area contributed by atoms with Crippen LogP contribution in [0.3, 0.4) is 0 Å². The molecule has 0 saturated heterocycles. The summed E-state index contributed by atoms with van der Waals surface area (Å²) < 4.78 is 0. The van der Waals surface area contributed by atoms with Crippen LogP contribution in [0.5, 0.6) is 0 Å². The third-order valence-electron chi connectivity index (χ3n) is 1.67. The average molecular weight is 194 g/mol. The first kappa shape index (κ1) is 10.1. The molecular formula is C11H12ClN. The Morgan fingerprint density at radius 2 is 2.23 bits per heavy atom. The van der Waals surface area contributed by atoms with E-state index in [4.69, 9.17) is 11.6 Å². The molecule has 0 spiro atoms. The lowest BCUT2D eigenvalue weighted by Crippen LogP contribution is -2.04. The SMILES string of the molecule is CNCC#Cc1ccc(C)c(Cl)c1. The predicted molar refractivity (Wildman–Crippen MR) is 57.0 cm³/mol. The molecule has 0 radical (unpaired) electrons. The molecule has 0 fully saturated rings. The van der Waals surface area contributed by atoms with Crippen molar-refractivity contribution in [3.63, 3.8) is 0 Å². The minimum Gasteiger partial charge on any atom is -0.309 e. The molecule has 0 aliphatic rings. The van der Waals surface area contributed by atoms with Gasteiger partial charge in [-0.1, -0.05) is 29.5 Å². The quantitative estimate of drug-likeness (QED) is 0.675. The molecule has 13 heavy (non-hydrogen) atoms. The molecule has 0 aliphatic heterocycles. The second-order valence-electron chi connectivity index (χ2n) is 2.80. The predicted octanol–water partition coefficient (Wildman–Crippen LogP) is 2.22. The minimum absolute atomic E-state index is 0.700. The number of nitrogens with one attached hydrogen (secondary N) is 1. The third kappa shape index (κ3) is 3.10. The van der Waals surface area contributed by atoms with Crippen molar-refractivity contribution < 1.29 is 0 Å². The summed E-state index contributed by atoms with van der Waals surface area (Å²) >= 11 is 5.94. The molecule has 0 atom stereocenters. The summed E-state index contributed by atoms with van der Waals surface area (Å²) in [7, 11) is 1.87. The Balaban J connectivity index is 2.81. The van der Waals surface area contributed by atoms with E-state index in [-0.39, 0.29) is 0 Å². The van der Waals surface area contributed by atoms with Crippen LogP contribution in [0.4, 0.5) is 0 Å². The molecule has 1 aromatic rings. The largest absolute Gasteiger partial charge is 0.309 e. The molecule has 0 amide bonds. The van der Waals surface area contributed by atoms with Crippen molar-refractivity contribution >= 4 is 11.6 Å². The monoisotopic (exact) mass is 193 g/mol. The van der Waals surface area contributed by atoms with Gasteiger partial charge in [0.1, 0.15) is 0 Å². The van der Waals surface area contributed by atoms with E-state index in [0.29, 0.717) is 6.54 Å². The maximum Gasteiger partial charge on any atom is 0.0577 e. The summed E-state index contributed by atoms with van der Waals surface area (Å²) in [5.41, 5.74) is 2.05. The van der Waals surface area contributed by atoms with Gasteiger partial charge >= 0.3 is 0 Å². The maximum atomic E-state index is 5.94. The molecule has 1 aromatic carbocycles. The standard InChI is InChI=1S/C11H12ClN/c1-9-5-6-10(8-11(9)12)4-3-7-13-2/h5-6,8,13H,7H2,1-2H3. The van der Waals surface area contributed by atoms with Gasteiger partial charge in [0.15, 0.2) is 0 Å². The molecule has 0 saturated carbocycles. The fourth-order valence-corrected chi connectivity index (χ4v) is 1.09. The summed E-state index contributed by atoms with van der Waals surface area (Å²) in [6.07, 6.45) is 0. The fourth-order valence-electron chi connectivity index (χ4n) is 0.905. The van der Waals surface area contributed by atoms with Gasteiger partial charge in [0.2, 0.25) is 0 Å². The molecule has 68 valence electrons. The van der Waals surface area contributed by atoms with Gasteiger partial charge in [0.05, 0.1) is 6.54 Å². The van der Waals surface area contributed by atoms with Gasteiger partial charge in [-0.25, -0.2) is 0 Å². The Hall–Kier alpha value is -0.970. The van der Waals surface area contributed by atoms with E-state index in [1.54, 1.807) is 0 Å². The lowest BCUT2D eigenvalue weighted by molar-refractivity contribution is 0.938. The molecular weight excluding hydrogens is 182 g/mol. The molecule has 0 heterocycles. The number of rotatable bonds is 1. The van der Waals surface area contributed by atoms with Gasteiger partial charge < -0.3 is 5.32 Å². The van der Waals surface area contributed by atoms with Crippen LogP contribution in [-0.4, -0.2) is 13.6 Å². The van der Waals surface area contributed by atoms with Crippen molar-refractivity contribution in [1.82, 2.24) is 5.32 Å². The van der Waals surface area contributed by atoms with Gasteiger partial charge in [-0.05, 0) is 31.7 Å². The fraction of sp³-hybridized carbons (Fsp3) is 0.273. The Labute approximate surface area is 84.1 Å². The number of aryl methyl sites for hydroxylation is 1. The van der Waals surface area contributed by atoms with Crippen LogP contribution in [0.2, 0.25) is 5.02 Å². The second-order valence-corrected chi connectivity index (χ2v) is 3.20. The normalized spacial score (nSPS) is 9.15. The van der Waals surface area contributed by atoms with E-state index in [0.717, 1.165) is 16.1 Å². The first-order valence-electron chi connectivity index (χ1n) is 4.13. The molecule has 1 N–H and O–H groups in total. The highest BCUT2D eigenvalue weighted by Crippen LogP contribution is 2.15. The van der Waals surface area contributed by atoms with Gasteiger partial charge in [-0.15, -0.1) is 0 Å². The lowest BCUT2D eigenvalue weighted by atomic mass is 10.1. The summed E-state index contributed by atoms with van der Waals surface area (Å²) in [5, 5.41) is 3.73. The second kappa shape index (κ2) is 4.91. The van der Waals surface area contributed by atoms with Crippen molar-refractivity contribution in [3.8, 4) is 11.8 Å². The maximum absolute atomic E-state index is 5.94. The van der Waals surface area contributed by atoms with Gasteiger partial charge in [-0.3, -0.25) is 0 Å². The first-order chi connectivity index (χ1) is 6.24. The molecule has 0 aromatic heterocycles. The zero-order valence-electron chi connectivity index (χ0n) is 7.82. The zero-order valence-corrected chi connectivity index (χ0v) is 8.57. The van der Waals surface area contributed by atoms with E-state index < -0.39 is 0 Å². The van der Waals surface area contributed by atoms with Gasteiger partial charge in [0.25, 0.3) is 0 Å². The number of benzene rings is 1. The summed E-state index contributed by atoms with van der Waals surface area (Å²) in [4.78, 5) is 0. The van der Waals surface area contributed by atoms with Crippen molar-refractivity contribution in [2.45, 2.75) is 6.92 Å². The third-order valence-corrected chi connectivity index (χ3v) is 2.08. The van der Waals surface area contributed by atoms with Crippen molar-refractivity contribution in [2.75, 3.05) is 13.6 Å². The van der Waals surface area contributed by atoms with E-state index in [1.165, 1.54) is 0 Å². The Kier molecular flexibility index (Phi) is 3.82. The molecule has 0 unspecified atom stereocenters. The van der Waals surface area contributed by atoms with Crippen molar-refractivity contribution in [1.29, 1.82) is 0 Å². The van der Waals surface area contributed by atoms with E-state index in [2.05, 4.69) is 17.2 Å². The Bertz CT molecular complexity index is 347. The molecule has 0 bridgehead atoms. The Morgan fingerprint density at radius 3 is 2.85 bits per heavy atom. The first-order valence-corrected chi connectivity index (χ1v) is 4.51. The topological polar surface area (TPSA) is 12.0 Å².